The number of hydrogen-bond donors (Lipinski definition) is 3. The molecule has 0 saturated heterocycles. The normalized spacial score (nSPS) is 13.9. The van der Waals surface area contributed by atoms with E-state index in [2.05, 4.69) is 5.32 Å². The Morgan fingerprint density at radius 3 is 2.68 bits per heavy atom. The molecule has 4 N–H and O–H groups in total. The third-order valence-corrected chi connectivity index (χ3v) is 2.66. The van der Waals surface area contributed by atoms with Crippen LogP contribution in [0.2, 0.25) is 0 Å². The second-order valence-corrected chi connectivity index (χ2v) is 4.85. The molecule has 0 aromatic heterocycles. The number of benzene rings is 1. The van der Waals surface area contributed by atoms with Crippen LogP contribution < -0.4 is 15.8 Å². The van der Waals surface area contributed by atoms with Crippen molar-refractivity contribution < 1.29 is 14.2 Å². The van der Waals surface area contributed by atoms with Crippen molar-refractivity contribution >= 4 is 11.4 Å². The van der Waals surface area contributed by atoms with Crippen LogP contribution in [0.4, 0.5) is 15.8 Å². The highest BCUT2D eigenvalue weighted by molar-refractivity contribution is 5.68. The molecule has 0 spiro atoms. The first-order chi connectivity index (χ1) is 8.93. The molecule has 0 aliphatic rings. The standard InChI is InChI=1S/C14H23FN2O2/c1-4-5-19-14-8-13(12(16)7-11(14)15)17-9(2)6-10(3)18/h7-10,17-18H,4-6,16H2,1-3H3. The summed E-state index contributed by atoms with van der Waals surface area (Å²) in [7, 11) is 0. The lowest BCUT2D eigenvalue weighted by Gasteiger charge is -2.19. The molecule has 1 rings (SSSR count). The molecule has 0 radical (unpaired) electrons. The van der Waals surface area contributed by atoms with Gasteiger partial charge in [0.05, 0.1) is 24.1 Å². The minimum absolute atomic E-state index is 0.0341. The van der Waals surface area contributed by atoms with Crippen LogP contribution in [0.25, 0.3) is 0 Å². The second-order valence-electron chi connectivity index (χ2n) is 4.85. The highest BCUT2D eigenvalue weighted by Crippen LogP contribution is 2.29. The fraction of sp³-hybridized carbons (Fsp3) is 0.571. The topological polar surface area (TPSA) is 67.5 Å². The summed E-state index contributed by atoms with van der Waals surface area (Å²) in [6, 6.07) is 2.85. The van der Waals surface area contributed by atoms with Crippen molar-refractivity contribution in [1.82, 2.24) is 0 Å². The number of nitrogens with two attached hydrogens (primary N) is 1. The Morgan fingerprint density at radius 2 is 2.11 bits per heavy atom. The maximum atomic E-state index is 13.6. The summed E-state index contributed by atoms with van der Waals surface area (Å²) in [6.45, 7) is 6.08. The molecule has 0 aliphatic carbocycles. The Bertz CT molecular complexity index is 411. The van der Waals surface area contributed by atoms with Crippen LogP contribution in [-0.4, -0.2) is 23.9 Å². The third kappa shape index (κ3) is 4.95. The molecular weight excluding hydrogens is 247 g/mol. The predicted octanol–water partition coefficient (Wildman–Crippen LogP) is 2.77. The molecule has 108 valence electrons. The maximum Gasteiger partial charge on any atom is 0.167 e. The fourth-order valence-corrected chi connectivity index (χ4v) is 1.85. The van der Waals surface area contributed by atoms with E-state index in [1.165, 1.54) is 6.07 Å². The smallest absolute Gasteiger partial charge is 0.167 e. The van der Waals surface area contributed by atoms with Gasteiger partial charge in [-0.15, -0.1) is 0 Å². The SMILES string of the molecule is CCCOc1cc(NC(C)CC(C)O)c(N)cc1F. The molecule has 0 bridgehead atoms. The van der Waals surface area contributed by atoms with E-state index in [0.717, 1.165) is 6.42 Å². The zero-order valence-corrected chi connectivity index (χ0v) is 11.7. The van der Waals surface area contributed by atoms with E-state index in [0.29, 0.717) is 24.4 Å². The summed E-state index contributed by atoms with van der Waals surface area (Å²) < 4.78 is 19.0. The number of hydrogen-bond acceptors (Lipinski definition) is 4. The van der Waals surface area contributed by atoms with E-state index in [9.17, 15) is 9.50 Å². The largest absolute Gasteiger partial charge is 0.490 e. The highest BCUT2D eigenvalue weighted by Gasteiger charge is 2.12. The predicted molar refractivity (Wildman–Crippen MR) is 76.0 cm³/mol. The highest BCUT2D eigenvalue weighted by atomic mass is 19.1. The van der Waals surface area contributed by atoms with Gasteiger partial charge in [0.25, 0.3) is 0 Å². The summed E-state index contributed by atoms with van der Waals surface area (Å²) in [5.74, 6) is -0.262. The summed E-state index contributed by atoms with van der Waals surface area (Å²) in [5, 5.41) is 12.5. The van der Waals surface area contributed by atoms with Gasteiger partial charge in [-0.1, -0.05) is 6.92 Å². The molecule has 5 heteroatoms. The number of nitrogen functional groups attached to an aromatic ring is 1. The summed E-state index contributed by atoms with van der Waals surface area (Å²) in [4.78, 5) is 0. The van der Waals surface area contributed by atoms with E-state index in [1.807, 2.05) is 13.8 Å². The molecule has 0 saturated carbocycles. The van der Waals surface area contributed by atoms with Gasteiger partial charge in [0, 0.05) is 18.2 Å². The van der Waals surface area contributed by atoms with Crippen LogP contribution in [0.15, 0.2) is 12.1 Å². The van der Waals surface area contributed by atoms with Gasteiger partial charge in [0.2, 0.25) is 0 Å². The van der Waals surface area contributed by atoms with Crippen LogP contribution in [0.1, 0.15) is 33.6 Å². The first-order valence-corrected chi connectivity index (χ1v) is 6.60. The number of anilines is 2. The Balaban J connectivity index is 2.81. The Kier molecular flexibility index (Phi) is 5.89. The van der Waals surface area contributed by atoms with Crippen molar-refractivity contribution in [3.05, 3.63) is 17.9 Å². The molecule has 2 atom stereocenters. The Hall–Kier alpha value is -1.49. The summed E-state index contributed by atoms with van der Waals surface area (Å²) in [5.41, 5.74) is 6.74. The average molecular weight is 270 g/mol. The molecule has 1 aromatic carbocycles. The van der Waals surface area contributed by atoms with Crippen LogP contribution >= 0.6 is 0 Å². The van der Waals surface area contributed by atoms with Gasteiger partial charge in [-0.25, -0.2) is 4.39 Å². The summed E-state index contributed by atoms with van der Waals surface area (Å²) >= 11 is 0. The maximum absolute atomic E-state index is 13.6. The number of aliphatic hydroxyl groups is 1. The van der Waals surface area contributed by atoms with Gasteiger partial charge >= 0.3 is 0 Å². The first-order valence-electron chi connectivity index (χ1n) is 6.60. The summed E-state index contributed by atoms with van der Waals surface area (Å²) in [6.07, 6.45) is 0.993. The lowest BCUT2D eigenvalue weighted by molar-refractivity contribution is 0.179. The van der Waals surface area contributed by atoms with Gasteiger partial charge < -0.3 is 20.9 Å². The van der Waals surface area contributed by atoms with Gasteiger partial charge in [-0.3, -0.25) is 0 Å². The second kappa shape index (κ2) is 7.19. The lowest BCUT2D eigenvalue weighted by Crippen LogP contribution is -2.21. The first kappa shape index (κ1) is 15.6. The zero-order chi connectivity index (χ0) is 14.4. The number of aliphatic hydroxyl groups excluding tert-OH is 1. The van der Waals surface area contributed by atoms with E-state index in [4.69, 9.17) is 10.5 Å². The lowest BCUT2D eigenvalue weighted by atomic mass is 10.1. The van der Waals surface area contributed by atoms with Gasteiger partial charge in [-0.05, 0) is 26.7 Å². The van der Waals surface area contributed by atoms with E-state index >= 15 is 0 Å². The van der Waals surface area contributed by atoms with Crippen molar-refractivity contribution in [3.8, 4) is 5.75 Å². The average Bonchev–Trinajstić information content (AvgIpc) is 2.30. The number of halogens is 1. The van der Waals surface area contributed by atoms with Crippen LogP contribution in [-0.2, 0) is 0 Å². The molecule has 1 aromatic rings. The molecule has 19 heavy (non-hydrogen) atoms. The van der Waals surface area contributed by atoms with Crippen LogP contribution in [0.5, 0.6) is 5.75 Å². The number of nitrogens with one attached hydrogen (secondary N) is 1. The minimum Gasteiger partial charge on any atom is -0.490 e. The van der Waals surface area contributed by atoms with Crippen molar-refractivity contribution in [1.29, 1.82) is 0 Å². The van der Waals surface area contributed by atoms with Crippen LogP contribution in [0, 0.1) is 5.82 Å². The van der Waals surface area contributed by atoms with Gasteiger partial charge in [-0.2, -0.15) is 0 Å². The minimum atomic E-state index is -0.459. The van der Waals surface area contributed by atoms with E-state index in [-0.39, 0.29) is 11.8 Å². The fourth-order valence-electron chi connectivity index (χ4n) is 1.85. The monoisotopic (exact) mass is 270 g/mol. The molecule has 0 fully saturated rings. The molecule has 0 amide bonds. The number of ether oxygens (including phenoxy) is 1. The Morgan fingerprint density at radius 1 is 1.42 bits per heavy atom. The van der Waals surface area contributed by atoms with Crippen molar-refractivity contribution in [2.45, 2.75) is 45.8 Å². The molecule has 0 heterocycles. The number of rotatable bonds is 7. The van der Waals surface area contributed by atoms with E-state index in [1.54, 1.807) is 13.0 Å². The Labute approximate surface area is 113 Å². The molecular formula is C14H23FN2O2. The quantitative estimate of drug-likeness (QED) is 0.666. The van der Waals surface area contributed by atoms with Gasteiger partial charge in [0.1, 0.15) is 0 Å². The van der Waals surface area contributed by atoms with E-state index < -0.39 is 11.9 Å². The van der Waals surface area contributed by atoms with Crippen molar-refractivity contribution in [2.75, 3.05) is 17.7 Å². The third-order valence-electron chi connectivity index (χ3n) is 2.66. The van der Waals surface area contributed by atoms with Crippen LogP contribution in [0.3, 0.4) is 0 Å². The molecule has 4 nitrogen and oxygen atoms in total. The molecule has 2 unspecified atom stereocenters. The van der Waals surface area contributed by atoms with Crippen molar-refractivity contribution in [3.63, 3.8) is 0 Å². The van der Waals surface area contributed by atoms with Crippen molar-refractivity contribution in [2.24, 2.45) is 0 Å². The molecule has 0 aliphatic heterocycles. The van der Waals surface area contributed by atoms with Gasteiger partial charge in [0.15, 0.2) is 11.6 Å². The zero-order valence-electron chi connectivity index (χ0n) is 11.7.